The SMILES string of the molecule is CCCOC(CCn1ccnc1)(OCCC)c1cccc2ccccc12. The summed E-state index contributed by atoms with van der Waals surface area (Å²) in [6.45, 7) is 6.37. The predicted molar refractivity (Wildman–Crippen MR) is 105 cm³/mol. The summed E-state index contributed by atoms with van der Waals surface area (Å²) in [6.07, 6.45) is 8.26. The second-order valence-corrected chi connectivity index (χ2v) is 6.53. The highest BCUT2D eigenvalue weighted by Gasteiger charge is 2.35. The zero-order valence-electron chi connectivity index (χ0n) is 15.7. The third-order valence-corrected chi connectivity index (χ3v) is 4.54. The molecule has 2 aromatic carbocycles. The van der Waals surface area contributed by atoms with Gasteiger partial charge in [0.25, 0.3) is 0 Å². The number of hydrogen-bond donors (Lipinski definition) is 0. The highest BCUT2D eigenvalue weighted by molar-refractivity contribution is 5.86. The number of aryl methyl sites for hydroxylation is 1. The van der Waals surface area contributed by atoms with Crippen LogP contribution in [0.4, 0.5) is 0 Å². The Morgan fingerprint density at radius 1 is 0.962 bits per heavy atom. The fraction of sp³-hybridized carbons (Fsp3) is 0.409. The van der Waals surface area contributed by atoms with Crippen LogP contribution in [0.15, 0.2) is 61.2 Å². The third kappa shape index (κ3) is 4.14. The van der Waals surface area contributed by atoms with Gasteiger partial charge in [-0.05, 0) is 23.6 Å². The normalized spacial score (nSPS) is 11.9. The largest absolute Gasteiger partial charge is 0.346 e. The van der Waals surface area contributed by atoms with Gasteiger partial charge in [0.1, 0.15) is 0 Å². The minimum atomic E-state index is -0.753. The van der Waals surface area contributed by atoms with Gasteiger partial charge in [0.15, 0.2) is 5.79 Å². The zero-order chi connectivity index (χ0) is 18.2. The van der Waals surface area contributed by atoms with E-state index < -0.39 is 5.79 Å². The Hall–Kier alpha value is -2.17. The molecule has 0 unspecified atom stereocenters. The highest BCUT2D eigenvalue weighted by Crippen LogP contribution is 2.37. The molecule has 0 aliphatic heterocycles. The van der Waals surface area contributed by atoms with Crippen LogP contribution in [0.5, 0.6) is 0 Å². The minimum absolute atomic E-state index is 0.664. The maximum atomic E-state index is 6.42. The molecule has 0 bridgehead atoms. The zero-order valence-corrected chi connectivity index (χ0v) is 15.7. The van der Waals surface area contributed by atoms with Crippen molar-refractivity contribution in [2.75, 3.05) is 13.2 Å². The highest BCUT2D eigenvalue weighted by atomic mass is 16.7. The molecule has 138 valence electrons. The molecule has 0 N–H and O–H groups in total. The Morgan fingerprint density at radius 3 is 2.38 bits per heavy atom. The molecule has 0 saturated carbocycles. The van der Waals surface area contributed by atoms with E-state index in [0.717, 1.165) is 31.4 Å². The van der Waals surface area contributed by atoms with Gasteiger partial charge in [-0.1, -0.05) is 56.3 Å². The third-order valence-electron chi connectivity index (χ3n) is 4.54. The van der Waals surface area contributed by atoms with Crippen LogP contribution in [-0.2, 0) is 21.8 Å². The van der Waals surface area contributed by atoms with Crippen molar-refractivity contribution < 1.29 is 9.47 Å². The Morgan fingerprint density at radius 2 is 1.69 bits per heavy atom. The van der Waals surface area contributed by atoms with Crippen molar-refractivity contribution in [3.8, 4) is 0 Å². The van der Waals surface area contributed by atoms with E-state index in [1.54, 1.807) is 6.20 Å². The molecule has 0 spiro atoms. The predicted octanol–water partition coefficient (Wildman–Crippen LogP) is 5.13. The first kappa shape index (κ1) is 18.6. The molecule has 26 heavy (non-hydrogen) atoms. The van der Waals surface area contributed by atoms with Crippen LogP contribution in [0.2, 0.25) is 0 Å². The lowest BCUT2D eigenvalue weighted by Crippen LogP contribution is -2.35. The van der Waals surface area contributed by atoms with E-state index in [1.807, 2.05) is 12.5 Å². The summed E-state index contributed by atoms with van der Waals surface area (Å²) in [7, 11) is 0. The van der Waals surface area contributed by atoms with Gasteiger partial charge in [-0.2, -0.15) is 0 Å². The molecule has 0 saturated heterocycles. The second-order valence-electron chi connectivity index (χ2n) is 6.53. The summed E-state index contributed by atoms with van der Waals surface area (Å²) >= 11 is 0. The lowest BCUT2D eigenvalue weighted by molar-refractivity contribution is -0.251. The van der Waals surface area contributed by atoms with Crippen molar-refractivity contribution in [3.63, 3.8) is 0 Å². The van der Waals surface area contributed by atoms with Gasteiger partial charge in [0, 0.05) is 30.9 Å². The Balaban J connectivity index is 2.03. The minimum Gasteiger partial charge on any atom is -0.346 e. The fourth-order valence-electron chi connectivity index (χ4n) is 3.26. The van der Waals surface area contributed by atoms with Crippen molar-refractivity contribution in [2.45, 2.75) is 45.4 Å². The first-order valence-corrected chi connectivity index (χ1v) is 9.51. The van der Waals surface area contributed by atoms with Crippen molar-refractivity contribution in [1.29, 1.82) is 0 Å². The number of ether oxygens (including phenoxy) is 2. The molecular weight excluding hydrogens is 324 g/mol. The van der Waals surface area contributed by atoms with E-state index in [9.17, 15) is 0 Å². The molecule has 1 heterocycles. The molecule has 0 radical (unpaired) electrons. The van der Waals surface area contributed by atoms with E-state index in [4.69, 9.17) is 9.47 Å². The van der Waals surface area contributed by atoms with E-state index in [0.29, 0.717) is 13.2 Å². The molecule has 4 nitrogen and oxygen atoms in total. The first-order valence-electron chi connectivity index (χ1n) is 9.51. The summed E-state index contributed by atoms with van der Waals surface area (Å²) in [6, 6.07) is 14.8. The maximum absolute atomic E-state index is 6.42. The van der Waals surface area contributed by atoms with Crippen LogP contribution in [0.1, 0.15) is 38.7 Å². The summed E-state index contributed by atoms with van der Waals surface area (Å²) in [5, 5.41) is 2.39. The Labute approximate surface area is 155 Å². The molecule has 3 aromatic rings. The van der Waals surface area contributed by atoms with Crippen molar-refractivity contribution in [1.82, 2.24) is 9.55 Å². The average molecular weight is 352 g/mol. The maximum Gasteiger partial charge on any atom is 0.197 e. The summed E-state index contributed by atoms with van der Waals surface area (Å²) in [4.78, 5) is 4.15. The lowest BCUT2D eigenvalue weighted by atomic mass is 9.95. The summed E-state index contributed by atoms with van der Waals surface area (Å²) in [5.41, 5.74) is 1.11. The molecule has 0 aliphatic carbocycles. The second kappa shape index (κ2) is 8.97. The van der Waals surface area contributed by atoms with Gasteiger partial charge >= 0.3 is 0 Å². The van der Waals surface area contributed by atoms with Crippen LogP contribution in [0.3, 0.4) is 0 Å². The first-order chi connectivity index (χ1) is 12.8. The Kier molecular flexibility index (Phi) is 6.42. The fourth-order valence-corrected chi connectivity index (χ4v) is 3.26. The van der Waals surface area contributed by atoms with Crippen molar-refractivity contribution >= 4 is 10.8 Å². The Bertz CT molecular complexity index is 786. The average Bonchev–Trinajstić information content (AvgIpc) is 3.21. The van der Waals surface area contributed by atoms with Crippen LogP contribution >= 0.6 is 0 Å². The molecular formula is C22H28N2O2. The number of imidazole rings is 1. The summed E-state index contributed by atoms with van der Waals surface area (Å²) < 4.78 is 14.9. The van der Waals surface area contributed by atoms with Gasteiger partial charge in [0.05, 0.1) is 19.5 Å². The van der Waals surface area contributed by atoms with Gasteiger partial charge in [-0.3, -0.25) is 0 Å². The lowest BCUT2D eigenvalue weighted by Gasteiger charge is -2.35. The number of benzene rings is 2. The van der Waals surface area contributed by atoms with E-state index in [1.165, 1.54) is 10.8 Å². The molecule has 0 amide bonds. The van der Waals surface area contributed by atoms with Crippen LogP contribution in [0.25, 0.3) is 10.8 Å². The monoisotopic (exact) mass is 352 g/mol. The smallest absolute Gasteiger partial charge is 0.197 e. The van der Waals surface area contributed by atoms with Gasteiger partial charge in [0.2, 0.25) is 0 Å². The van der Waals surface area contributed by atoms with Gasteiger partial charge < -0.3 is 14.0 Å². The molecule has 1 aromatic heterocycles. The van der Waals surface area contributed by atoms with Crippen LogP contribution < -0.4 is 0 Å². The standard InChI is InChI=1S/C22H28N2O2/c1-3-16-25-22(26-17-4-2,12-14-24-15-13-23-18-24)21-11-7-9-19-8-5-6-10-20(19)21/h5-11,13,15,18H,3-4,12,14,16-17H2,1-2H3. The van der Waals surface area contributed by atoms with Crippen LogP contribution in [-0.4, -0.2) is 22.8 Å². The number of nitrogens with zero attached hydrogens (tertiary/aromatic N) is 2. The molecule has 4 heteroatoms. The number of hydrogen-bond acceptors (Lipinski definition) is 3. The van der Waals surface area contributed by atoms with Gasteiger partial charge in [-0.15, -0.1) is 0 Å². The molecule has 0 aliphatic rings. The number of rotatable bonds is 10. The van der Waals surface area contributed by atoms with E-state index in [2.05, 4.69) is 65.9 Å². The number of aromatic nitrogens is 2. The van der Waals surface area contributed by atoms with Crippen molar-refractivity contribution in [3.05, 3.63) is 66.7 Å². The molecule has 3 rings (SSSR count). The quantitative estimate of drug-likeness (QED) is 0.474. The molecule has 0 fully saturated rings. The number of fused-ring (bicyclic) bond motifs is 1. The van der Waals surface area contributed by atoms with Gasteiger partial charge in [-0.25, -0.2) is 4.98 Å². The van der Waals surface area contributed by atoms with Crippen LogP contribution in [0, 0.1) is 0 Å². The molecule has 0 atom stereocenters. The van der Waals surface area contributed by atoms with Crippen molar-refractivity contribution in [2.24, 2.45) is 0 Å². The topological polar surface area (TPSA) is 36.3 Å². The summed E-state index contributed by atoms with van der Waals surface area (Å²) in [5.74, 6) is -0.753. The van der Waals surface area contributed by atoms with E-state index >= 15 is 0 Å². The van der Waals surface area contributed by atoms with E-state index in [-0.39, 0.29) is 0 Å².